The number of hydrogen-bond acceptors (Lipinski definition) is 5. The van der Waals surface area contributed by atoms with Gasteiger partial charge in [0.1, 0.15) is 21.6 Å². The van der Waals surface area contributed by atoms with Gasteiger partial charge in [-0.1, -0.05) is 18.3 Å². The molecule has 0 saturated heterocycles. The topological polar surface area (TPSA) is 81.4 Å². The molecule has 0 aliphatic carbocycles. The third kappa shape index (κ3) is 3.92. The number of nitrogens with one attached hydrogen (secondary N) is 1. The number of ether oxygens (including phenoxy) is 1. The van der Waals surface area contributed by atoms with Gasteiger partial charge in [0.25, 0.3) is 10.0 Å². The molecule has 0 radical (unpaired) electrons. The van der Waals surface area contributed by atoms with Gasteiger partial charge in [0.05, 0.1) is 0 Å². The van der Waals surface area contributed by atoms with E-state index in [1.807, 2.05) is 0 Å². The Morgan fingerprint density at radius 1 is 1.30 bits per heavy atom. The van der Waals surface area contributed by atoms with Crippen LogP contribution in [0.15, 0.2) is 46.0 Å². The van der Waals surface area contributed by atoms with E-state index >= 15 is 0 Å². The van der Waals surface area contributed by atoms with E-state index in [-0.39, 0.29) is 15.8 Å². The average molecular weight is 328 g/mol. The summed E-state index contributed by atoms with van der Waals surface area (Å²) in [6.07, 6.45) is 0. The first-order valence-corrected chi connectivity index (χ1v) is 8.32. The first kappa shape index (κ1) is 14.8. The third-order valence-corrected chi connectivity index (χ3v) is 5.14. The Morgan fingerprint density at radius 3 is 2.55 bits per heavy atom. The van der Waals surface area contributed by atoms with Crippen molar-refractivity contribution in [1.29, 1.82) is 0 Å². The first-order valence-electron chi connectivity index (χ1n) is 5.55. The molecule has 1 aromatic carbocycles. The van der Waals surface area contributed by atoms with Crippen molar-refractivity contribution in [3.63, 3.8) is 0 Å². The number of anilines is 1. The van der Waals surface area contributed by atoms with E-state index in [0.717, 1.165) is 11.3 Å². The van der Waals surface area contributed by atoms with Crippen LogP contribution in [-0.2, 0) is 10.0 Å². The minimum Gasteiger partial charge on any atom is -0.487 e. The van der Waals surface area contributed by atoms with E-state index < -0.39 is 10.0 Å². The summed E-state index contributed by atoms with van der Waals surface area (Å²) in [7, 11) is -3.52. The molecule has 0 amide bonds. The number of hydrogen-bond donors (Lipinski definition) is 2. The molecule has 106 valence electrons. The van der Waals surface area contributed by atoms with Gasteiger partial charge in [-0.2, -0.15) is 0 Å². The highest BCUT2D eigenvalue weighted by atomic mass is 32.2. The number of thiophene rings is 1. The van der Waals surface area contributed by atoms with Gasteiger partial charge in [-0.25, -0.2) is 8.42 Å². The van der Waals surface area contributed by atoms with Crippen molar-refractivity contribution in [2.24, 2.45) is 5.73 Å². The second kappa shape index (κ2) is 6.21. The lowest BCUT2D eigenvalue weighted by atomic mass is 10.3. The average Bonchev–Trinajstić information content (AvgIpc) is 2.92. The Labute approximate surface area is 126 Å². The van der Waals surface area contributed by atoms with E-state index in [1.54, 1.807) is 41.8 Å². The zero-order valence-electron chi connectivity index (χ0n) is 10.3. The number of rotatable bonds is 6. The maximum atomic E-state index is 12.0. The van der Waals surface area contributed by atoms with Crippen molar-refractivity contribution in [2.75, 3.05) is 11.3 Å². The van der Waals surface area contributed by atoms with Crippen molar-refractivity contribution in [3.8, 4) is 5.75 Å². The quantitative estimate of drug-likeness (QED) is 0.795. The van der Waals surface area contributed by atoms with Crippen molar-refractivity contribution in [3.05, 3.63) is 41.8 Å². The smallest absolute Gasteiger partial charge is 0.271 e. The zero-order chi connectivity index (χ0) is 14.6. The van der Waals surface area contributed by atoms with Crippen LogP contribution in [0.2, 0.25) is 0 Å². The highest BCUT2D eigenvalue weighted by molar-refractivity contribution is 7.94. The van der Waals surface area contributed by atoms with Crippen LogP contribution >= 0.6 is 23.6 Å². The van der Waals surface area contributed by atoms with Crippen molar-refractivity contribution >= 4 is 44.3 Å². The molecule has 2 aromatic rings. The molecule has 0 aliphatic rings. The maximum absolute atomic E-state index is 12.0. The summed E-state index contributed by atoms with van der Waals surface area (Å²) in [5, 5.41) is 1.71. The van der Waals surface area contributed by atoms with E-state index in [0.29, 0.717) is 11.4 Å². The van der Waals surface area contributed by atoms with Crippen LogP contribution in [0.25, 0.3) is 0 Å². The van der Waals surface area contributed by atoms with Crippen molar-refractivity contribution in [1.82, 2.24) is 0 Å². The highest BCUT2D eigenvalue weighted by Crippen LogP contribution is 2.21. The Balaban J connectivity index is 2.06. The molecule has 5 nitrogen and oxygen atoms in total. The van der Waals surface area contributed by atoms with E-state index in [9.17, 15) is 8.42 Å². The van der Waals surface area contributed by atoms with E-state index in [2.05, 4.69) is 4.72 Å². The number of benzene rings is 1. The molecule has 0 spiro atoms. The van der Waals surface area contributed by atoms with Gasteiger partial charge in [0.2, 0.25) is 0 Å². The minimum atomic E-state index is -3.52. The summed E-state index contributed by atoms with van der Waals surface area (Å²) in [5.74, 6) is 0.567. The number of sulfonamides is 1. The Hall–Kier alpha value is -1.64. The van der Waals surface area contributed by atoms with Crippen LogP contribution in [0.3, 0.4) is 0 Å². The SMILES string of the molecule is NC(=S)COc1ccc(NS(=O)(=O)c2cccs2)cc1. The van der Waals surface area contributed by atoms with Crippen LogP contribution in [0.1, 0.15) is 0 Å². The molecule has 1 aromatic heterocycles. The summed E-state index contributed by atoms with van der Waals surface area (Å²) >= 11 is 5.86. The van der Waals surface area contributed by atoms with Crippen molar-refractivity contribution in [2.45, 2.75) is 4.21 Å². The van der Waals surface area contributed by atoms with E-state index in [4.69, 9.17) is 22.7 Å². The first-order chi connectivity index (χ1) is 9.47. The molecule has 0 unspecified atom stereocenters. The van der Waals surface area contributed by atoms with Gasteiger partial charge in [0, 0.05) is 5.69 Å². The lowest BCUT2D eigenvalue weighted by molar-refractivity contribution is 0.377. The van der Waals surface area contributed by atoms with Crippen LogP contribution in [0.4, 0.5) is 5.69 Å². The van der Waals surface area contributed by atoms with Crippen LogP contribution < -0.4 is 15.2 Å². The van der Waals surface area contributed by atoms with Gasteiger partial charge >= 0.3 is 0 Å². The molecule has 0 bridgehead atoms. The molecular formula is C12H12N2O3S3. The summed E-state index contributed by atoms with van der Waals surface area (Å²) in [4.78, 5) is 0.257. The largest absolute Gasteiger partial charge is 0.487 e. The Morgan fingerprint density at radius 2 is 2.00 bits per heavy atom. The van der Waals surface area contributed by atoms with Crippen LogP contribution in [0.5, 0.6) is 5.75 Å². The lowest BCUT2D eigenvalue weighted by Crippen LogP contribution is -2.17. The van der Waals surface area contributed by atoms with Gasteiger partial charge in [-0.15, -0.1) is 11.3 Å². The monoisotopic (exact) mass is 328 g/mol. The fourth-order valence-electron chi connectivity index (χ4n) is 1.40. The molecule has 1 heterocycles. The predicted octanol–water partition coefficient (Wildman–Crippen LogP) is 2.21. The maximum Gasteiger partial charge on any atom is 0.271 e. The number of nitrogens with two attached hydrogens (primary N) is 1. The molecule has 20 heavy (non-hydrogen) atoms. The van der Waals surface area contributed by atoms with Gasteiger partial charge in [-0.05, 0) is 35.7 Å². The molecule has 0 fully saturated rings. The standard InChI is InChI=1S/C12H12N2O3S3/c13-11(18)8-17-10-5-3-9(4-6-10)14-20(15,16)12-2-1-7-19-12/h1-7,14H,8H2,(H2,13,18). The summed E-state index contributed by atoms with van der Waals surface area (Å²) in [6.45, 7) is 0.148. The zero-order valence-corrected chi connectivity index (χ0v) is 12.7. The van der Waals surface area contributed by atoms with Gasteiger partial charge in [-0.3, -0.25) is 4.72 Å². The lowest BCUT2D eigenvalue weighted by Gasteiger charge is -2.08. The Kier molecular flexibility index (Phi) is 4.58. The summed E-state index contributed by atoms with van der Waals surface area (Å²) < 4.78 is 32.0. The van der Waals surface area contributed by atoms with Crippen LogP contribution in [-0.4, -0.2) is 20.0 Å². The normalized spacial score (nSPS) is 11.0. The summed E-state index contributed by atoms with van der Waals surface area (Å²) in [6, 6.07) is 9.74. The molecule has 8 heteroatoms. The highest BCUT2D eigenvalue weighted by Gasteiger charge is 2.14. The number of thiocarbonyl (C=S) groups is 1. The second-order valence-electron chi connectivity index (χ2n) is 3.82. The molecule has 0 aliphatic heterocycles. The van der Waals surface area contributed by atoms with Crippen LogP contribution in [0, 0.1) is 0 Å². The minimum absolute atomic E-state index is 0.148. The van der Waals surface area contributed by atoms with E-state index in [1.165, 1.54) is 0 Å². The van der Waals surface area contributed by atoms with Gasteiger partial charge in [0.15, 0.2) is 0 Å². The molecule has 0 atom stereocenters. The second-order valence-corrected chi connectivity index (χ2v) is 7.20. The Bertz CT molecular complexity index is 679. The summed E-state index contributed by atoms with van der Waals surface area (Å²) in [5.41, 5.74) is 5.78. The van der Waals surface area contributed by atoms with Gasteiger partial charge < -0.3 is 10.5 Å². The molecule has 3 N–H and O–H groups in total. The fraction of sp³-hybridized carbons (Fsp3) is 0.0833. The molecule has 0 saturated carbocycles. The fourth-order valence-corrected chi connectivity index (χ4v) is 3.51. The molecular weight excluding hydrogens is 316 g/mol. The predicted molar refractivity (Wildman–Crippen MR) is 83.8 cm³/mol. The molecule has 2 rings (SSSR count). The third-order valence-electron chi connectivity index (χ3n) is 2.25. The van der Waals surface area contributed by atoms with Crippen molar-refractivity contribution < 1.29 is 13.2 Å².